The lowest BCUT2D eigenvalue weighted by molar-refractivity contribution is -0.0376. The predicted octanol–water partition coefficient (Wildman–Crippen LogP) is -0.0144. The third-order valence-corrected chi connectivity index (χ3v) is 4.39. The van der Waals surface area contributed by atoms with Crippen LogP contribution in [0.2, 0.25) is 0 Å². The maximum absolute atomic E-state index is 12.7. The number of nitrogens with two attached hydrogens (primary N) is 1. The van der Waals surface area contributed by atoms with Crippen molar-refractivity contribution in [2.45, 2.75) is 24.9 Å². The topological polar surface area (TPSA) is 106 Å². The number of hydrogen-bond donors (Lipinski definition) is 2. The van der Waals surface area contributed by atoms with Crippen molar-refractivity contribution in [1.82, 2.24) is 10.3 Å². The Labute approximate surface area is 142 Å². The van der Waals surface area contributed by atoms with Crippen molar-refractivity contribution in [3.8, 4) is 0 Å². The Hall–Kier alpha value is -2.36. The van der Waals surface area contributed by atoms with Gasteiger partial charge in [-0.05, 0) is 24.4 Å². The Morgan fingerprint density at radius 2 is 1.96 bits per heavy atom. The molecule has 3 heterocycles. The average molecular weight is 346 g/mol. The molecule has 0 spiro atoms. The number of carbonyl (C=O) groups excluding carboxylic acids is 2. The van der Waals surface area contributed by atoms with Crippen LogP contribution in [0, 0.1) is 0 Å². The molecule has 2 saturated heterocycles. The zero-order chi connectivity index (χ0) is 16.8. The van der Waals surface area contributed by atoms with E-state index in [2.05, 4.69) is 10.5 Å². The fourth-order valence-electron chi connectivity index (χ4n) is 3.23. The van der Waals surface area contributed by atoms with Crippen LogP contribution < -0.4 is 11.2 Å². The molecule has 2 amide bonds. The minimum absolute atomic E-state index is 0.0138. The van der Waals surface area contributed by atoms with Crippen LogP contribution in [0.15, 0.2) is 29.4 Å². The van der Waals surface area contributed by atoms with Crippen molar-refractivity contribution in [2.75, 3.05) is 6.61 Å². The van der Waals surface area contributed by atoms with Gasteiger partial charge in [0.1, 0.15) is 6.10 Å². The number of amides is 2. The SMILES string of the molecule is NC(=S)N/N=C1\C[C@@H](N2C(=O)c3ccccc3C2=O)[C@@H]2CO[C@H]1O2. The van der Waals surface area contributed by atoms with Crippen LogP contribution in [-0.4, -0.2) is 52.6 Å². The monoisotopic (exact) mass is 346 g/mol. The molecule has 1 aromatic carbocycles. The Morgan fingerprint density at radius 1 is 1.29 bits per heavy atom. The Morgan fingerprint density at radius 3 is 2.58 bits per heavy atom. The lowest BCUT2D eigenvalue weighted by atomic mass is 10.0. The second-order valence-electron chi connectivity index (χ2n) is 5.72. The van der Waals surface area contributed by atoms with Crippen LogP contribution in [0.4, 0.5) is 0 Å². The minimum Gasteiger partial charge on any atom is -0.375 e. The highest BCUT2D eigenvalue weighted by Crippen LogP contribution is 2.33. The zero-order valence-corrected chi connectivity index (χ0v) is 13.3. The largest absolute Gasteiger partial charge is 0.375 e. The molecular formula is C15H14N4O4S. The van der Waals surface area contributed by atoms with E-state index in [9.17, 15) is 9.59 Å². The van der Waals surface area contributed by atoms with Gasteiger partial charge in [-0.15, -0.1) is 0 Å². The number of nitrogens with zero attached hydrogens (tertiary/aromatic N) is 2. The van der Waals surface area contributed by atoms with Gasteiger partial charge >= 0.3 is 0 Å². The van der Waals surface area contributed by atoms with Gasteiger partial charge < -0.3 is 15.2 Å². The molecule has 3 N–H and O–H groups in total. The number of hydrazone groups is 1. The molecule has 8 nitrogen and oxygen atoms in total. The fraction of sp³-hybridized carbons (Fsp3) is 0.333. The number of hydrogen-bond acceptors (Lipinski definition) is 6. The summed E-state index contributed by atoms with van der Waals surface area (Å²) in [6, 6.07) is 6.28. The first-order chi connectivity index (χ1) is 11.6. The van der Waals surface area contributed by atoms with E-state index >= 15 is 0 Å². The smallest absolute Gasteiger partial charge is 0.261 e. The molecule has 0 radical (unpaired) electrons. The second kappa shape index (κ2) is 5.62. The number of benzene rings is 1. The third-order valence-electron chi connectivity index (χ3n) is 4.30. The first-order valence-electron chi connectivity index (χ1n) is 7.42. The second-order valence-corrected chi connectivity index (χ2v) is 6.16. The molecule has 3 atom stereocenters. The summed E-state index contributed by atoms with van der Waals surface area (Å²) in [5.41, 5.74) is 9.20. The van der Waals surface area contributed by atoms with Gasteiger partial charge in [-0.2, -0.15) is 5.10 Å². The molecular weight excluding hydrogens is 332 g/mol. The van der Waals surface area contributed by atoms with Crippen molar-refractivity contribution < 1.29 is 19.1 Å². The molecule has 9 heteroatoms. The molecule has 0 saturated carbocycles. The molecule has 1 aromatic rings. The first kappa shape index (κ1) is 15.2. The molecule has 0 unspecified atom stereocenters. The molecule has 2 bridgehead atoms. The standard InChI is InChI=1S/C15H14N4O4S/c16-15(24)18-17-9-5-10(11-6-22-14(9)23-11)19-12(20)7-3-1-2-4-8(7)13(19)21/h1-4,10-11,14H,5-6H2,(H3,16,18,24)/b17-9+/t10-,11+,14+/m1/s1. The van der Waals surface area contributed by atoms with Crippen molar-refractivity contribution in [1.29, 1.82) is 0 Å². The van der Waals surface area contributed by atoms with Crippen molar-refractivity contribution in [3.05, 3.63) is 35.4 Å². The summed E-state index contributed by atoms with van der Waals surface area (Å²) in [7, 11) is 0. The van der Waals surface area contributed by atoms with Gasteiger partial charge in [-0.25, -0.2) is 0 Å². The van der Waals surface area contributed by atoms with Gasteiger partial charge in [-0.3, -0.25) is 19.9 Å². The van der Waals surface area contributed by atoms with E-state index in [1.165, 1.54) is 4.90 Å². The normalized spacial score (nSPS) is 29.9. The highest BCUT2D eigenvalue weighted by atomic mass is 32.1. The number of imide groups is 1. The Bertz CT molecular complexity index is 745. The van der Waals surface area contributed by atoms with Gasteiger partial charge in [0, 0.05) is 6.42 Å². The third kappa shape index (κ3) is 2.29. The number of carbonyl (C=O) groups is 2. The Balaban J connectivity index is 1.65. The molecule has 2 fully saturated rings. The summed E-state index contributed by atoms with van der Waals surface area (Å²) in [6.45, 7) is 0.287. The van der Waals surface area contributed by atoms with Gasteiger partial charge in [0.05, 0.1) is 29.5 Å². The van der Waals surface area contributed by atoms with Crippen molar-refractivity contribution in [2.24, 2.45) is 10.8 Å². The van der Waals surface area contributed by atoms with E-state index in [0.29, 0.717) is 23.3 Å². The molecule has 3 aliphatic heterocycles. The molecule has 0 aliphatic carbocycles. The molecule has 0 aromatic heterocycles. The molecule has 24 heavy (non-hydrogen) atoms. The lowest BCUT2D eigenvalue weighted by Crippen LogP contribution is -2.52. The number of nitrogens with one attached hydrogen (secondary N) is 1. The van der Waals surface area contributed by atoms with Gasteiger partial charge in [0.25, 0.3) is 11.8 Å². The predicted molar refractivity (Wildman–Crippen MR) is 87.3 cm³/mol. The van der Waals surface area contributed by atoms with Gasteiger partial charge in [0.2, 0.25) is 0 Å². The fourth-order valence-corrected chi connectivity index (χ4v) is 3.28. The van der Waals surface area contributed by atoms with E-state index in [-0.39, 0.29) is 29.6 Å². The van der Waals surface area contributed by atoms with Crippen LogP contribution in [0.25, 0.3) is 0 Å². The lowest BCUT2D eigenvalue weighted by Gasteiger charge is -2.33. The van der Waals surface area contributed by atoms with Crippen LogP contribution in [0.1, 0.15) is 27.1 Å². The zero-order valence-electron chi connectivity index (χ0n) is 12.5. The van der Waals surface area contributed by atoms with E-state index in [1.807, 2.05) is 0 Å². The maximum Gasteiger partial charge on any atom is 0.261 e. The average Bonchev–Trinajstić information content (AvgIpc) is 3.10. The highest BCUT2D eigenvalue weighted by molar-refractivity contribution is 7.80. The quantitative estimate of drug-likeness (QED) is 0.440. The first-order valence-corrected chi connectivity index (χ1v) is 7.83. The molecule has 4 rings (SSSR count). The van der Waals surface area contributed by atoms with Gasteiger partial charge in [0.15, 0.2) is 11.4 Å². The van der Waals surface area contributed by atoms with E-state index in [0.717, 1.165) is 0 Å². The number of fused-ring (bicyclic) bond motifs is 3. The summed E-state index contributed by atoms with van der Waals surface area (Å²) in [5, 5.41) is 4.10. The summed E-state index contributed by atoms with van der Waals surface area (Å²) in [5.74, 6) is -0.646. The summed E-state index contributed by atoms with van der Waals surface area (Å²) in [6.07, 6.45) is -0.638. The van der Waals surface area contributed by atoms with Crippen LogP contribution in [0.3, 0.4) is 0 Å². The highest BCUT2D eigenvalue weighted by Gasteiger charge is 2.50. The van der Waals surface area contributed by atoms with Crippen molar-refractivity contribution >= 4 is 34.9 Å². The van der Waals surface area contributed by atoms with E-state index < -0.39 is 12.3 Å². The van der Waals surface area contributed by atoms with Crippen LogP contribution in [-0.2, 0) is 9.47 Å². The number of thiocarbonyl (C=S) groups is 1. The Kier molecular flexibility index (Phi) is 3.56. The summed E-state index contributed by atoms with van der Waals surface area (Å²) < 4.78 is 11.3. The number of rotatable bonds is 2. The van der Waals surface area contributed by atoms with Crippen LogP contribution >= 0.6 is 12.2 Å². The van der Waals surface area contributed by atoms with Crippen LogP contribution in [0.5, 0.6) is 0 Å². The number of ether oxygens (including phenoxy) is 2. The maximum atomic E-state index is 12.7. The minimum atomic E-state index is -0.608. The van der Waals surface area contributed by atoms with Gasteiger partial charge in [-0.1, -0.05) is 12.1 Å². The summed E-state index contributed by atoms with van der Waals surface area (Å²) >= 11 is 4.73. The van der Waals surface area contributed by atoms with E-state index in [4.69, 9.17) is 27.4 Å². The molecule has 3 aliphatic rings. The molecule has 124 valence electrons. The van der Waals surface area contributed by atoms with Crippen molar-refractivity contribution in [3.63, 3.8) is 0 Å². The summed E-state index contributed by atoms with van der Waals surface area (Å²) in [4.78, 5) is 26.6. The van der Waals surface area contributed by atoms with E-state index in [1.54, 1.807) is 24.3 Å².